The van der Waals surface area contributed by atoms with Gasteiger partial charge in [-0.25, -0.2) is 0 Å². The predicted octanol–water partition coefficient (Wildman–Crippen LogP) is 2.89. The van der Waals surface area contributed by atoms with E-state index in [1.165, 1.54) is 32.4 Å². The van der Waals surface area contributed by atoms with Crippen LogP contribution in [0.2, 0.25) is 0 Å². The molecule has 1 N–H and O–H groups in total. The lowest BCUT2D eigenvalue weighted by Gasteiger charge is -2.47. The van der Waals surface area contributed by atoms with E-state index in [9.17, 15) is 0 Å². The van der Waals surface area contributed by atoms with Crippen molar-refractivity contribution in [3.63, 3.8) is 0 Å². The first-order chi connectivity index (χ1) is 7.50. The summed E-state index contributed by atoms with van der Waals surface area (Å²) in [4.78, 5) is 2.68. The molecule has 1 rings (SSSR count). The SMILES string of the molecule is CCNC(C(C)C)C(C)(C)N1CCCCC1. The molecular weight excluding hydrogens is 196 g/mol. The molecule has 1 aliphatic rings. The Labute approximate surface area is 102 Å². The van der Waals surface area contributed by atoms with E-state index >= 15 is 0 Å². The first kappa shape index (κ1) is 14.0. The Bertz CT molecular complexity index is 193. The van der Waals surface area contributed by atoms with Crippen molar-refractivity contribution < 1.29 is 0 Å². The highest BCUT2D eigenvalue weighted by Gasteiger charge is 2.36. The largest absolute Gasteiger partial charge is 0.312 e. The predicted molar refractivity (Wildman–Crippen MR) is 71.8 cm³/mol. The number of hydrogen-bond donors (Lipinski definition) is 1. The zero-order chi connectivity index (χ0) is 12.2. The highest BCUT2D eigenvalue weighted by Crippen LogP contribution is 2.27. The Hall–Kier alpha value is -0.0800. The molecule has 16 heavy (non-hydrogen) atoms. The molecule has 0 aromatic heterocycles. The summed E-state index contributed by atoms with van der Waals surface area (Å²) < 4.78 is 0. The van der Waals surface area contributed by atoms with Gasteiger partial charge >= 0.3 is 0 Å². The number of likely N-dealkylation sites (N-methyl/N-ethyl adjacent to an activating group) is 1. The van der Waals surface area contributed by atoms with Gasteiger partial charge in [0.1, 0.15) is 0 Å². The molecule has 0 amide bonds. The molecule has 1 saturated heterocycles. The van der Waals surface area contributed by atoms with Gasteiger partial charge in [0.05, 0.1) is 0 Å². The molecule has 1 unspecified atom stereocenters. The average Bonchev–Trinajstić information content (AvgIpc) is 2.26. The van der Waals surface area contributed by atoms with Crippen LogP contribution in [0.5, 0.6) is 0 Å². The highest BCUT2D eigenvalue weighted by atomic mass is 15.2. The van der Waals surface area contributed by atoms with E-state index in [-0.39, 0.29) is 5.54 Å². The molecule has 0 saturated carbocycles. The molecule has 0 aromatic carbocycles. The summed E-state index contributed by atoms with van der Waals surface area (Å²) >= 11 is 0. The molecule has 1 atom stereocenters. The highest BCUT2D eigenvalue weighted by molar-refractivity contribution is 4.95. The Kier molecular flexibility index (Phi) is 5.26. The second-order valence-corrected chi connectivity index (χ2v) is 5.98. The van der Waals surface area contributed by atoms with Crippen LogP contribution in [-0.2, 0) is 0 Å². The number of hydrogen-bond acceptors (Lipinski definition) is 2. The monoisotopic (exact) mass is 226 g/mol. The van der Waals surface area contributed by atoms with Crippen molar-refractivity contribution in [1.82, 2.24) is 10.2 Å². The summed E-state index contributed by atoms with van der Waals surface area (Å²) in [5, 5.41) is 3.68. The van der Waals surface area contributed by atoms with E-state index in [0.29, 0.717) is 12.0 Å². The summed E-state index contributed by atoms with van der Waals surface area (Å²) in [5.41, 5.74) is 0.282. The normalized spacial score (nSPS) is 21.4. The van der Waals surface area contributed by atoms with Crippen LogP contribution in [0.25, 0.3) is 0 Å². The van der Waals surface area contributed by atoms with Crippen LogP contribution in [0, 0.1) is 5.92 Å². The summed E-state index contributed by atoms with van der Waals surface area (Å²) in [6.07, 6.45) is 4.17. The van der Waals surface area contributed by atoms with Crippen molar-refractivity contribution in [1.29, 1.82) is 0 Å². The number of likely N-dealkylation sites (tertiary alicyclic amines) is 1. The summed E-state index contributed by atoms with van der Waals surface area (Å²) in [6, 6.07) is 0.593. The van der Waals surface area contributed by atoms with Gasteiger partial charge in [0.25, 0.3) is 0 Å². The van der Waals surface area contributed by atoms with E-state index < -0.39 is 0 Å². The van der Waals surface area contributed by atoms with Gasteiger partial charge in [0, 0.05) is 11.6 Å². The average molecular weight is 226 g/mol. The zero-order valence-corrected chi connectivity index (χ0v) is 11.8. The lowest BCUT2D eigenvalue weighted by Crippen LogP contribution is -2.60. The third-order valence-corrected chi connectivity index (χ3v) is 4.02. The van der Waals surface area contributed by atoms with Gasteiger partial charge in [-0.1, -0.05) is 27.2 Å². The van der Waals surface area contributed by atoms with E-state index in [1.54, 1.807) is 0 Å². The van der Waals surface area contributed by atoms with Crippen LogP contribution in [0.1, 0.15) is 53.9 Å². The smallest absolute Gasteiger partial charge is 0.0308 e. The molecular formula is C14H30N2. The summed E-state index contributed by atoms with van der Waals surface area (Å²) in [6.45, 7) is 15.3. The minimum atomic E-state index is 0.282. The van der Waals surface area contributed by atoms with Crippen LogP contribution in [0.4, 0.5) is 0 Å². The van der Waals surface area contributed by atoms with Crippen molar-refractivity contribution in [2.75, 3.05) is 19.6 Å². The Balaban J connectivity index is 2.70. The minimum Gasteiger partial charge on any atom is -0.312 e. The lowest BCUT2D eigenvalue weighted by molar-refractivity contribution is 0.0463. The molecule has 1 fully saturated rings. The first-order valence-corrected chi connectivity index (χ1v) is 6.98. The second kappa shape index (κ2) is 6.02. The molecule has 0 spiro atoms. The van der Waals surface area contributed by atoms with E-state index in [0.717, 1.165) is 6.54 Å². The molecule has 96 valence electrons. The van der Waals surface area contributed by atoms with Crippen LogP contribution < -0.4 is 5.32 Å². The second-order valence-electron chi connectivity index (χ2n) is 5.98. The van der Waals surface area contributed by atoms with Gasteiger partial charge in [-0.05, 0) is 52.2 Å². The third kappa shape index (κ3) is 3.21. The Morgan fingerprint density at radius 3 is 2.12 bits per heavy atom. The quantitative estimate of drug-likeness (QED) is 0.775. The first-order valence-electron chi connectivity index (χ1n) is 6.98. The molecule has 0 aliphatic carbocycles. The van der Waals surface area contributed by atoms with Crippen LogP contribution >= 0.6 is 0 Å². The van der Waals surface area contributed by atoms with Crippen molar-refractivity contribution in [2.45, 2.75) is 65.5 Å². The molecule has 2 nitrogen and oxygen atoms in total. The van der Waals surface area contributed by atoms with E-state index in [1.807, 2.05) is 0 Å². The molecule has 0 aromatic rings. The van der Waals surface area contributed by atoms with Crippen molar-refractivity contribution in [3.8, 4) is 0 Å². The number of rotatable bonds is 5. The van der Waals surface area contributed by atoms with E-state index in [4.69, 9.17) is 0 Å². The maximum atomic E-state index is 3.68. The van der Waals surface area contributed by atoms with Gasteiger partial charge in [-0.15, -0.1) is 0 Å². The fourth-order valence-electron chi connectivity index (χ4n) is 3.19. The van der Waals surface area contributed by atoms with Gasteiger partial charge in [0.15, 0.2) is 0 Å². The summed E-state index contributed by atoms with van der Waals surface area (Å²) in [7, 11) is 0. The van der Waals surface area contributed by atoms with Crippen LogP contribution in [0.3, 0.4) is 0 Å². The van der Waals surface area contributed by atoms with Gasteiger partial charge in [-0.2, -0.15) is 0 Å². The zero-order valence-electron chi connectivity index (χ0n) is 11.8. The van der Waals surface area contributed by atoms with E-state index in [2.05, 4.69) is 44.8 Å². The minimum absolute atomic E-state index is 0.282. The summed E-state index contributed by atoms with van der Waals surface area (Å²) in [5.74, 6) is 0.692. The molecule has 1 heterocycles. The third-order valence-electron chi connectivity index (χ3n) is 4.02. The van der Waals surface area contributed by atoms with Crippen LogP contribution in [0.15, 0.2) is 0 Å². The number of piperidine rings is 1. The Morgan fingerprint density at radius 2 is 1.69 bits per heavy atom. The topological polar surface area (TPSA) is 15.3 Å². The van der Waals surface area contributed by atoms with Crippen molar-refractivity contribution in [2.24, 2.45) is 5.92 Å². The Morgan fingerprint density at radius 1 is 1.12 bits per heavy atom. The number of nitrogens with one attached hydrogen (secondary N) is 1. The molecule has 1 aliphatic heterocycles. The van der Waals surface area contributed by atoms with Gasteiger partial charge < -0.3 is 5.32 Å². The fraction of sp³-hybridized carbons (Fsp3) is 1.00. The standard InChI is InChI=1S/C14H30N2/c1-6-15-13(12(2)3)14(4,5)16-10-8-7-9-11-16/h12-13,15H,6-11H2,1-5H3. The van der Waals surface area contributed by atoms with Crippen molar-refractivity contribution >= 4 is 0 Å². The fourth-order valence-corrected chi connectivity index (χ4v) is 3.19. The lowest BCUT2D eigenvalue weighted by atomic mass is 9.83. The van der Waals surface area contributed by atoms with Crippen molar-refractivity contribution in [3.05, 3.63) is 0 Å². The molecule has 0 bridgehead atoms. The van der Waals surface area contributed by atoms with Gasteiger partial charge in [0.2, 0.25) is 0 Å². The van der Waals surface area contributed by atoms with Gasteiger partial charge in [-0.3, -0.25) is 4.90 Å². The molecule has 2 heteroatoms. The number of nitrogens with zero attached hydrogens (tertiary/aromatic N) is 1. The maximum absolute atomic E-state index is 3.68. The maximum Gasteiger partial charge on any atom is 0.0308 e. The van der Waals surface area contributed by atoms with Crippen LogP contribution in [-0.4, -0.2) is 36.1 Å². The molecule has 0 radical (unpaired) electrons.